The quantitative estimate of drug-likeness (QED) is 0.112. The second-order valence-electron chi connectivity index (χ2n) is 9.07. The van der Waals surface area contributed by atoms with Crippen molar-refractivity contribution in [1.82, 2.24) is 5.32 Å². The Kier molecular flexibility index (Phi) is 19.7. The lowest BCUT2D eigenvalue weighted by Crippen LogP contribution is -2.22. The summed E-state index contributed by atoms with van der Waals surface area (Å²) < 4.78 is 0. The highest BCUT2D eigenvalue weighted by Gasteiger charge is 2.08. The first-order chi connectivity index (χ1) is 16.9. The summed E-state index contributed by atoms with van der Waals surface area (Å²) in [5, 5.41) is 3.42. The first-order valence-electron chi connectivity index (χ1n) is 12.9. The topological polar surface area (TPSA) is 49.1 Å². The summed E-state index contributed by atoms with van der Waals surface area (Å²) in [6.07, 6.45) is 12.8. The minimum Gasteiger partial charge on any atom is -0.380 e. The van der Waals surface area contributed by atoms with Crippen LogP contribution in [0, 0.1) is 17.8 Å². The molecule has 0 aliphatic heterocycles. The zero-order valence-corrected chi connectivity index (χ0v) is 24.8. The predicted octanol–water partition coefficient (Wildman–Crippen LogP) is 8.70. The monoisotopic (exact) mass is 492 g/mol. The largest absolute Gasteiger partial charge is 0.380 e. The van der Waals surface area contributed by atoms with E-state index in [2.05, 4.69) is 106 Å². The fraction of sp³-hybridized carbons (Fsp3) is 0.469. The molecule has 200 valence electrons. The first-order valence-corrected chi connectivity index (χ1v) is 12.9. The number of nitrogens with zero attached hydrogens (tertiary/aromatic N) is 3. The van der Waals surface area contributed by atoms with E-state index in [4.69, 9.17) is 0 Å². The van der Waals surface area contributed by atoms with E-state index in [1.165, 1.54) is 11.9 Å². The zero-order chi connectivity index (χ0) is 28.3. The number of nitrogens with one attached hydrogen (secondary N) is 1. The van der Waals surface area contributed by atoms with Crippen LogP contribution in [0.15, 0.2) is 99.7 Å². The number of aliphatic imine (C=N–C) groups is 3. The van der Waals surface area contributed by atoms with Crippen molar-refractivity contribution in [2.24, 2.45) is 32.7 Å². The molecule has 0 spiro atoms. The van der Waals surface area contributed by atoms with E-state index in [1.54, 1.807) is 7.05 Å². The van der Waals surface area contributed by atoms with Crippen LogP contribution in [0.4, 0.5) is 0 Å². The van der Waals surface area contributed by atoms with Crippen molar-refractivity contribution in [1.29, 1.82) is 0 Å². The van der Waals surface area contributed by atoms with E-state index in [9.17, 15) is 0 Å². The van der Waals surface area contributed by atoms with E-state index in [1.807, 2.05) is 33.8 Å². The van der Waals surface area contributed by atoms with Crippen LogP contribution >= 0.6 is 0 Å². The maximum absolute atomic E-state index is 4.67. The Morgan fingerprint density at radius 2 is 1.58 bits per heavy atom. The molecule has 0 saturated heterocycles. The summed E-state index contributed by atoms with van der Waals surface area (Å²) in [6, 6.07) is 0. The molecule has 0 aliphatic rings. The number of hydrogen-bond donors (Lipinski definition) is 1. The normalized spacial score (nSPS) is 15.0. The van der Waals surface area contributed by atoms with Gasteiger partial charge in [-0.2, -0.15) is 0 Å². The van der Waals surface area contributed by atoms with Gasteiger partial charge in [0, 0.05) is 25.7 Å². The van der Waals surface area contributed by atoms with Crippen molar-refractivity contribution in [3.8, 4) is 0 Å². The molecule has 2 atom stereocenters. The average molecular weight is 493 g/mol. The van der Waals surface area contributed by atoms with E-state index >= 15 is 0 Å². The molecule has 0 aromatic rings. The number of allylic oxidation sites excluding steroid dienone is 8. The molecule has 36 heavy (non-hydrogen) atoms. The fourth-order valence-electron chi connectivity index (χ4n) is 3.16. The summed E-state index contributed by atoms with van der Waals surface area (Å²) >= 11 is 0. The van der Waals surface area contributed by atoms with Gasteiger partial charge in [-0.3, -0.25) is 4.99 Å². The van der Waals surface area contributed by atoms with Gasteiger partial charge in [-0.15, -0.1) is 0 Å². The Morgan fingerprint density at radius 1 is 0.972 bits per heavy atom. The second kappa shape index (κ2) is 20.2. The summed E-state index contributed by atoms with van der Waals surface area (Å²) in [5.74, 6) is 1.65. The third kappa shape index (κ3) is 15.8. The molecule has 0 fully saturated rings. The lowest BCUT2D eigenvalue weighted by molar-refractivity contribution is 0.756. The minimum atomic E-state index is 0.263. The van der Waals surface area contributed by atoms with Crippen molar-refractivity contribution in [2.75, 3.05) is 13.6 Å². The molecule has 0 radical (unpaired) electrons. The van der Waals surface area contributed by atoms with Crippen LogP contribution in [-0.2, 0) is 0 Å². The lowest BCUT2D eigenvalue weighted by Gasteiger charge is -2.15. The van der Waals surface area contributed by atoms with Gasteiger partial charge in [0.05, 0.1) is 5.71 Å². The molecule has 4 nitrogen and oxygen atoms in total. The summed E-state index contributed by atoms with van der Waals surface area (Å²) in [5.41, 5.74) is 6.22. The average Bonchev–Trinajstić information content (AvgIpc) is 2.83. The lowest BCUT2D eigenvalue weighted by atomic mass is 9.92. The van der Waals surface area contributed by atoms with Crippen LogP contribution in [0.2, 0.25) is 0 Å². The molecule has 0 saturated carbocycles. The van der Waals surface area contributed by atoms with E-state index in [0.29, 0.717) is 30.6 Å². The van der Waals surface area contributed by atoms with Gasteiger partial charge in [-0.05, 0) is 49.7 Å². The molecular formula is C32H52N4. The first kappa shape index (κ1) is 35.2. The molecule has 0 aromatic carbocycles. The maximum atomic E-state index is 4.67. The molecule has 1 N–H and O–H groups in total. The Morgan fingerprint density at radius 3 is 2.06 bits per heavy atom. The van der Waals surface area contributed by atoms with Gasteiger partial charge >= 0.3 is 0 Å². The molecule has 2 unspecified atom stereocenters. The maximum Gasteiger partial charge on any atom is 0.127 e. The van der Waals surface area contributed by atoms with Crippen molar-refractivity contribution in [2.45, 2.75) is 68.7 Å². The summed E-state index contributed by atoms with van der Waals surface area (Å²) in [4.78, 5) is 12.8. The Balaban J connectivity index is 0. The molecule has 4 heteroatoms. The van der Waals surface area contributed by atoms with Crippen LogP contribution in [0.3, 0.4) is 0 Å². The van der Waals surface area contributed by atoms with Crippen LogP contribution in [0.25, 0.3) is 0 Å². The smallest absolute Gasteiger partial charge is 0.127 e. The molecule has 0 amide bonds. The Bertz CT molecular complexity index is 904. The summed E-state index contributed by atoms with van der Waals surface area (Å²) in [7, 11) is 1.68. The van der Waals surface area contributed by atoms with Crippen LogP contribution < -0.4 is 5.32 Å². The molecule has 0 heterocycles. The highest BCUT2D eigenvalue weighted by molar-refractivity contribution is 6.07. The van der Waals surface area contributed by atoms with Gasteiger partial charge in [-0.1, -0.05) is 109 Å². The predicted molar refractivity (Wildman–Crippen MR) is 166 cm³/mol. The Labute approximate surface area is 222 Å². The third-order valence-corrected chi connectivity index (χ3v) is 5.32. The highest BCUT2D eigenvalue weighted by Crippen LogP contribution is 2.21. The van der Waals surface area contributed by atoms with Gasteiger partial charge in [0.2, 0.25) is 0 Å². The highest BCUT2D eigenvalue weighted by atomic mass is 15.0. The van der Waals surface area contributed by atoms with Crippen LogP contribution in [-0.4, -0.2) is 31.5 Å². The SMILES string of the molecule is C=C/C(=C\C(C)/C=C(/C(=C)C)C(C)C)CNC(=C)C(CC=CC(C)C(=C)C)=NC(C)=NC=NC.CC. The zero-order valence-electron chi connectivity index (χ0n) is 24.8. The molecule has 0 bridgehead atoms. The van der Waals surface area contributed by atoms with Gasteiger partial charge < -0.3 is 5.32 Å². The van der Waals surface area contributed by atoms with Crippen molar-refractivity contribution in [3.05, 3.63) is 84.7 Å². The molecule has 0 rings (SSSR count). The number of amidine groups is 1. The van der Waals surface area contributed by atoms with Gasteiger partial charge in [0.25, 0.3) is 0 Å². The van der Waals surface area contributed by atoms with Crippen LogP contribution in [0.5, 0.6) is 0 Å². The number of rotatable bonds is 14. The van der Waals surface area contributed by atoms with Gasteiger partial charge in [-0.25, -0.2) is 9.98 Å². The van der Waals surface area contributed by atoms with E-state index < -0.39 is 0 Å². The van der Waals surface area contributed by atoms with E-state index in [0.717, 1.165) is 28.1 Å². The van der Waals surface area contributed by atoms with Crippen molar-refractivity contribution >= 4 is 17.9 Å². The molecule has 0 aromatic heterocycles. The fourth-order valence-corrected chi connectivity index (χ4v) is 3.16. The minimum absolute atomic E-state index is 0.263. The molecular weight excluding hydrogens is 440 g/mol. The standard InChI is InChI=1S/C30H46N4.C2H6/c1-13-28(17-24(8)18-29(22(4)5)23(6)7)19-32-26(10)30(34-27(11)33-20-31-12)16-14-15-25(9)21(2)3;1-2/h13-15,17-18,20,23-25,32H,1-2,4,10,16,19H2,3,5-9,11-12H3;1-2H3/b15-14?,28-17+,29-18-,31-20?,33-27?,34-30?;. The van der Waals surface area contributed by atoms with Crippen molar-refractivity contribution < 1.29 is 0 Å². The molecule has 0 aliphatic carbocycles. The van der Waals surface area contributed by atoms with E-state index in [-0.39, 0.29) is 5.92 Å². The Hall–Kier alpha value is -3.01. The van der Waals surface area contributed by atoms with Gasteiger partial charge in [0.15, 0.2) is 0 Å². The van der Waals surface area contributed by atoms with Gasteiger partial charge in [0.1, 0.15) is 12.2 Å². The third-order valence-electron chi connectivity index (χ3n) is 5.32. The second-order valence-corrected chi connectivity index (χ2v) is 9.07. The van der Waals surface area contributed by atoms with Crippen LogP contribution in [0.1, 0.15) is 68.7 Å². The van der Waals surface area contributed by atoms with Crippen molar-refractivity contribution in [3.63, 3.8) is 0 Å². The number of hydrogen-bond acceptors (Lipinski definition) is 2. The summed E-state index contributed by atoms with van der Waals surface area (Å²) in [6.45, 7) is 35.6.